The molecule has 20 heavy (non-hydrogen) atoms. The van der Waals surface area contributed by atoms with Crippen LogP contribution in [-0.4, -0.2) is 21.7 Å². The molecule has 0 spiro atoms. The molecule has 0 saturated carbocycles. The Bertz CT molecular complexity index is 752. The number of halogens is 1. The first-order valence-corrected chi connectivity index (χ1v) is 7.09. The number of nitrogens with zero attached hydrogens (tertiary/aromatic N) is 1. The van der Waals surface area contributed by atoms with Crippen LogP contribution < -0.4 is 0 Å². The predicted octanol–water partition coefficient (Wildman–Crippen LogP) is 3.70. The van der Waals surface area contributed by atoms with Gasteiger partial charge in [0.2, 0.25) is 5.78 Å². The minimum absolute atomic E-state index is 0.0522. The van der Waals surface area contributed by atoms with Gasteiger partial charge in [-0.2, -0.15) is 0 Å². The van der Waals surface area contributed by atoms with E-state index >= 15 is 0 Å². The Morgan fingerprint density at radius 1 is 1.40 bits per heavy atom. The van der Waals surface area contributed by atoms with Crippen molar-refractivity contribution in [1.29, 1.82) is 0 Å². The number of allylic oxidation sites excluding steroid dienone is 5. The summed E-state index contributed by atoms with van der Waals surface area (Å²) >= 11 is 6.97. The second-order valence-corrected chi connectivity index (χ2v) is 6.05. The molecule has 4 nitrogen and oxygen atoms in total. The van der Waals surface area contributed by atoms with Crippen molar-refractivity contribution in [3.63, 3.8) is 0 Å². The number of thiophene rings is 1. The van der Waals surface area contributed by atoms with E-state index in [1.807, 2.05) is 6.92 Å². The Morgan fingerprint density at radius 3 is 2.80 bits per heavy atom. The normalized spacial score (nSPS) is 18.1. The standard InChI is InChI=1S/C14H10ClNO3S/c1-6-4-7-9(16-6)5-8(15)13(18)12(7)14(19)10-2-3-11(17)20-10/h2-4,17-18H,5H2,1H3. The average Bonchev–Trinajstić information content (AvgIpc) is 2.95. The van der Waals surface area contributed by atoms with Crippen LogP contribution in [0, 0.1) is 0 Å². The van der Waals surface area contributed by atoms with Gasteiger partial charge in [0, 0.05) is 17.7 Å². The zero-order chi connectivity index (χ0) is 14.4. The molecular weight excluding hydrogens is 298 g/mol. The lowest BCUT2D eigenvalue weighted by Gasteiger charge is -2.17. The molecule has 2 N–H and O–H groups in total. The summed E-state index contributed by atoms with van der Waals surface area (Å²) in [5.74, 6) is -0.566. The molecule has 0 unspecified atom stereocenters. The fourth-order valence-electron chi connectivity index (χ4n) is 2.25. The summed E-state index contributed by atoms with van der Waals surface area (Å²) in [6.45, 7) is 1.82. The van der Waals surface area contributed by atoms with Gasteiger partial charge in [-0.3, -0.25) is 9.79 Å². The fraction of sp³-hybridized carbons (Fsp3) is 0.143. The number of hydrogen-bond donors (Lipinski definition) is 2. The SMILES string of the molecule is CC1=CC2=C(C(=O)c3ccc(O)s3)C(O)=C(Cl)CC2=N1. The molecule has 6 heteroatoms. The number of fused-ring (bicyclic) bond motifs is 1. The third-order valence-corrected chi connectivity index (χ3v) is 4.30. The molecule has 1 aromatic rings. The van der Waals surface area contributed by atoms with Crippen molar-refractivity contribution in [2.45, 2.75) is 13.3 Å². The van der Waals surface area contributed by atoms with Gasteiger partial charge < -0.3 is 10.2 Å². The summed E-state index contributed by atoms with van der Waals surface area (Å²) in [6.07, 6.45) is 2.08. The first kappa shape index (κ1) is 13.1. The van der Waals surface area contributed by atoms with Crippen molar-refractivity contribution >= 4 is 34.4 Å². The fourth-order valence-corrected chi connectivity index (χ4v) is 3.16. The van der Waals surface area contributed by atoms with E-state index < -0.39 is 0 Å². The number of hydrogen-bond acceptors (Lipinski definition) is 5. The lowest BCUT2D eigenvalue weighted by molar-refractivity contribution is 0.103. The molecule has 2 aliphatic rings. The Labute approximate surface area is 124 Å². The van der Waals surface area contributed by atoms with E-state index in [2.05, 4.69) is 4.99 Å². The highest BCUT2D eigenvalue weighted by molar-refractivity contribution is 7.15. The summed E-state index contributed by atoms with van der Waals surface area (Å²) in [5, 5.41) is 19.8. The Kier molecular flexibility index (Phi) is 3.03. The zero-order valence-corrected chi connectivity index (χ0v) is 12.0. The highest BCUT2D eigenvalue weighted by atomic mass is 35.5. The highest BCUT2D eigenvalue weighted by Gasteiger charge is 2.32. The largest absolute Gasteiger partial charge is 0.506 e. The summed E-state index contributed by atoms with van der Waals surface area (Å²) in [7, 11) is 0. The van der Waals surface area contributed by atoms with Crippen LogP contribution in [0.3, 0.4) is 0 Å². The van der Waals surface area contributed by atoms with E-state index in [1.165, 1.54) is 12.1 Å². The second kappa shape index (κ2) is 4.61. The molecule has 0 bridgehead atoms. The molecule has 2 heterocycles. The van der Waals surface area contributed by atoms with Crippen LogP contribution in [0.5, 0.6) is 5.06 Å². The molecule has 0 radical (unpaired) electrons. The predicted molar refractivity (Wildman–Crippen MR) is 78.7 cm³/mol. The van der Waals surface area contributed by atoms with E-state index in [-0.39, 0.29) is 27.2 Å². The third kappa shape index (κ3) is 1.99. The maximum Gasteiger partial charge on any atom is 0.207 e. The van der Waals surface area contributed by atoms with Crippen LogP contribution in [0.1, 0.15) is 23.0 Å². The number of aliphatic imine (C=N–C) groups is 1. The quantitative estimate of drug-likeness (QED) is 0.818. The molecule has 0 amide bonds. The van der Waals surface area contributed by atoms with Gasteiger partial charge in [-0.05, 0) is 25.1 Å². The minimum Gasteiger partial charge on any atom is -0.506 e. The van der Waals surface area contributed by atoms with E-state index in [0.717, 1.165) is 17.0 Å². The van der Waals surface area contributed by atoms with Crippen molar-refractivity contribution < 1.29 is 15.0 Å². The monoisotopic (exact) mass is 307 g/mol. The maximum absolute atomic E-state index is 12.5. The van der Waals surface area contributed by atoms with Crippen molar-refractivity contribution in [2.24, 2.45) is 4.99 Å². The number of carbonyl (C=O) groups excluding carboxylic acids is 1. The van der Waals surface area contributed by atoms with Crippen molar-refractivity contribution in [3.8, 4) is 5.06 Å². The summed E-state index contributed by atoms with van der Waals surface area (Å²) in [4.78, 5) is 17.2. The van der Waals surface area contributed by atoms with Gasteiger partial charge in [-0.25, -0.2) is 0 Å². The van der Waals surface area contributed by atoms with Gasteiger partial charge in [0.15, 0.2) is 5.06 Å². The van der Waals surface area contributed by atoms with Crippen LogP contribution in [-0.2, 0) is 0 Å². The Balaban J connectivity index is 2.16. The summed E-state index contributed by atoms with van der Waals surface area (Å²) < 4.78 is 0. The average molecular weight is 308 g/mol. The molecular formula is C14H10ClNO3S. The molecule has 0 fully saturated rings. The van der Waals surface area contributed by atoms with Gasteiger partial charge in [0.1, 0.15) is 5.76 Å². The molecule has 1 aromatic heterocycles. The summed E-state index contributed by atoms with van der Waals surface area (Å²) in [6, 6.07) is 2.97. The molecule has 0 atom stereocenters. The first-order chi connectivity index (χ1) is 9.47. The van der Waals surface area contributed by atoms with Crippen LogP contribution >= 0.6 is 22.9 Å². The topological polar surface area (TPSA) is 69.9 Å². The molecule has 1 aliphatic carbocycles. The molecule has 102 valence electrons. The number of aliphatic hydroxyl groups excluding tert-OH is 1. The van der Waals surface area contributed by atoms with Crippen molar-refractivity contribution in [3.05, 3.63) is 50.7 Å². The van der Waals surface area contributed by atoms with E-state index in [1.54, 1.807) is 6.08 Å². The van der Waals surface area contributed by atoms with E-state index in [4.69, 9.17) is 11.6 Å². The summed E-state index contributed by atoms with van der Waals surface area (Å²) in [5.41, 5.74) is 2.23. The first-order valence-electron chi connectivity index (χ1n) is 5.89. The second-order valence-electron chi connectivity index (χ2n) is 4.53. The van der Waals surface area contributed by atoms with Crippen LogP contribution in [0.4, 0.5) is 0 Å². The molecule has 3 rings (SSSR count). The smallest absolute Gasteiger partial charge is 0.207 e. The molecule has 0 saturated heterocycles. The van der Waals surface area contributed by atoms with Gasteiger partial charge in [0.05, 0.1) is 21.2 Å². The number of carbonyl (C=O) groups is 1. The van der Waals surface area contributed by atoms with E-state index in [0.29, 0.717) is 22.6 Å². The van der Waals surface area contributed by atoms with Gasteiger partial charge in [0.25, 0.3) is 0 Å². The van der Waals surface area contributed by atoms with Crippen molar-refractivity contribution in [1.82, 2.24) is 0 Å². The van der Waals surface area contributed by atoms with Crippen LogP contribution in [0.15, 0.2) is 50.8 Å². The van der Waals surface area contributed by atoms with Crippen LogP contribution in [0.25, 0.3) is 0 Å². The van der Waals surface area contributed by atoms with Gasteiger partial charge >= 0.3 is 0 Å². The number of ketones is 1. The number of rotatable bonds is 2. The van der Waals surface area contributed by atoms with Crippen LogP contribution in [0.2, 0.25) is 0 Å². The zero-order valence-electron chi connectivity index (χ0n) is 10.5. The number of Topliss-reactive ketones (excluding diaryl/α,β-unsaturated/α-hetero) is 1. The van der Waals surface area contributed by atoms with Gasteiger partial charge in [-0.15, -0.1) is 0 Å². The lowest BCUT2D eigenvalue weighted by atomic mass is 9.91. The lowest BCUT2D eigenvalue weighted by Crippen LogP contribution is -2.17. The maximum atomic E-state index is 12.5. The minimum atomic E-state index is -0.362. The highest BCUT2D eigenvalue weighted by Crippen LogP contribution is 2.37. The van der Waals surface area contributed by atoms with Crippen molar-refractivity contribution in [2.75, 3.05) is 0 Å². The van der Waals surface area contributed by atoms with Gasteiger partial charge in [-0.1, -0.05) is 22.9 Å². The van der Waals surface area contributed by atoms with E-state index in [9.17, 15) is 15.0 Å². The molecule has 0 aromatic carbocycles. The number of aliphatic hydroxyl groups is 1. The Hall–Kier alpha value is -1.85. The third-order valence-electron chi connectivity index (χ3n) is 3.10. The molecule has 1 aliphatic heterocycles. The Morgan fingerprint density at radius 2 is 2.15 bits per heavy atom. The number of aromatic hydroxyl groups is 1.